The van der Waals surface area contributed by atoms with Crippen LogP contribution >= 0.6 is 0 Å². The Morgan fingerprint density at radius 1 is 1.09 bits per heavy atom. The summed E-state index contributed by atoms with van der Waals surface area (Å²) in [5.74, 6) is 1.04. The number of benzene rings is 2. The first-order valence-electron chi connectivity index (χ1n) is 11.5. The summed E-state index contributed by atoms with van der Waals surface area (Å²) in [6.45, 7) is 2.57. The van der Waals surface area contributed by atoms with Crippen molar-refractivity contribution in [2.24, 2.45) is 0 Å². The molecule has 1 fully saturated rings. The van der Waals surface area contributed by atoms with E-state index in [1.807, 2.05) is 31.2 Å². The van der Waals surface area contributed by atoms with Gasteiger partial charge in [-0.15, -0.1) is 0 Å². The molecule has 2 heterocycles. The molecule has 0 atom stereocenters. The number of amides is 1. The summed E-state index contributed by atoms with van der Waals surface area (Å²) in [6, 6.07) is 12.2. The number of aryl methyl sites for hydroxylation is 2. The third-order valence-electron chi connectivity index (χ3n) is 5.93. The van der Waals surface area contributed by atoms with E-state index >= 15 is 0 Å². The Labute approximate surface area is 202 Å². The standard InChI is InChI=1S/C25H28F2N4O4/c1-17-5-7-18(8-6-17)23-28-22(35-29-23)4-3-11-30-12-14-31(15-13-30)24(32)19-9-10-20(34-25(26)27)21(16-19)33-2/h5-10,16,25H,3-4,11-15H2,1-2H3. The van der Waals surface area contributed by atoms with Gasteiger partial charge >= 0.3 is 6.61 Å². The summed E-state index contributed by atoms with van der Waals surface area (Å²) in [4.78, 5) is 21.4. The number of rotatable bonds is 9. The molecule has 35 heavy (non-hydrogen) atoms. The molecule has 10 heteroatoms. The van der Waals surface area contributed by atoms with Gasteiger partial charge in [-0.3, -0.25) is 9.69 Å². The van der Waals surface area contributed by atoms with Gasteiger partial charge < -0.3 is 18.9 Å². The molecule has 0 aliphatic carbocycles. The lowest BCUT2D eigenvalue weighted by Gasteiger charge is -2.34. The zero-order chi connectivity index (χ0) is 24.8. The molecule has 0 bridgehead atoms. The Morgan fingerprint density at radius 2 is 1.83 bits per heavy atom. The van der Waals surface area contributed by atoms with Crippen molar-refractivity contribution in [2.75, 3.05) is 39.8 Å². The molecule has 1 aromatic heterocycles. The molecule has 4 rings (SSSR count). The quantitative estimate of drug-likeness (QED) is 0.452. The number of aromatic nitrogens is 2. The third kappa shape index (κ3) is 6.33. The summed E-state index contributed by atoms with van der Waals surface area (Å²) in [5, 5.41) is 4.07. The van der Waals surface area contributed by atoms with Gasteiger partial charge in [0.25, 0.3) is 5.91 Å². The highest BCUT2D eigenvalue weighted by atomic mass is 19.3. The predicted octanol–water partition coefficient (Wildman–Crippen LogP) is 4.05. The van der Waals surface area contributed by atoms with E-state index in [0.717, 1.165) is 31.6 Å². The minimum absolute atomic E-state index is 0.0985. The van der Waals surface area contributed by atoms with Crippen LogP contribution in [-0.4, -0.2) is 72.3 Å². The average molecular weight is 487 g/mol. The van der Waals surface area contributed by atoms with Gasteiger partial charge in [-0.2, -0.15) is 13.8 Å². The molecule has 2 aromatic carbocycles. The number of piperazine rings is 1. The number of methoxy groups -OCH3 is 1. The van der Waals surface area contributed by atoms with Crippen LogP contribution in [0, 0.1) is 6.92 Å². The van der Waals surface area contributed by atoms with E-state index in [-0.39, 0.29) is 17.4 Å². The topological polar surface area (TPSA) is 80.9 Å². The lowest BCUT2D eigenvalue weighted by Crippen LogP contribution is -2.48. The van der Waals surface area contributed by atoms with Gasteiger partial charge in [0.1, 0.15) is 0 Å². The molecule has 1 saturated heterocycles. The number of hydrogen-bond acceptors (Lipinski definition) is 7. The number of hydrogen-bond donors (Lipinski definition) is 0. The maximum absolute atomic E-state index is 12.9. The normalized spacial score (nSPS) is 14.4. The fraction of sp³-hybridized carbons (Fsp3) is 0.400. The zero-order valence-corrected chi connectivity index (χ0v) is 19.7. The molecule has 0 radical (unpaired) electrons. The molecule has 0 saturated carbocycles. The van der Waals surface area contributed by atoms with Crippen molar-refractivity contribution < 1.29 is 27.6 Å². The maximum Gasteiger partial charge on any atom is 0.387 e. The number of ether oxygens (including phenoxy) is 2. The molecule has 0 unspecified atom stereocenters. The first kappa shape index (κ1) is 24.6. The van der Waals surface area contributed by atoms with Crippen LogP contribution in [0.1, 0.15) is 28.2 Å². The van der Waals surface area contributed by atoms with Crippen LogP contribution in [0.3, 0.4) is 0 Å². The number of nitrogens with zero attached hydrogens (tertiary/aromatic N) is 4. The van der Waals surface area contributed by atoms with Gasteiger partial charge in [-0.1, -0.05) is 35.0 Å². The highest BCUT2D eigenvalue weighted by Gasteiger charge is 2.23. The second-order valence-corrected chi connectivity index (χ2v) is 8.36. The zero-order valence-electron chi connectivity index (χ0n) is 19.7. The largest absolute Gasteiger partial charge is 0.493 e. The number of alkyl halides is 2. The molecule has 1 aliphatic rings. The summed E-state index contributed by atoms with van der Waals surface area (Å²) in [7, 11) is 1.35. The summed E-state index contributed by atoms with van der Waals surface area (Å²) in [5.41, 5.74) is 2.48. The molecule has 1 aliphatic heterocycles. The van der Waals surface area contributed by atoms with Crippen LogP contribution in [-0.2, 0) is 6.42 Å². The van der Waals surface area contributed by atoms with Crippen LogP contribution in [0.25, 0.3) is 11.4 Å². The number of halogens is 2. The summed E-state index contributed by atoms with van der Waals surface area (Å²) < 4.78 is 40.0. The Bertz CT molecular complexity index is 1130. The van der Waals surface area contributed by atoms with Crippen LogP contribution in [0.4, 0.5) is 8.78 Å². The first-order valence-corrected chi connectivity index (χ1v) is 11.5. The third-order valence-corrected chi connectivity index (χ3v) is 5.93. The van der Waals surface area contributed by atoms with E-state index in [4.69, 9.17) is 9.26 Å². The fourth-order valence-corrected chi connectivity index (χ4v) is 3.98. The minimum Gasteiger partial charge on any atom is -0.493 e. The van der Waals surface area contributed by atoms with Crippen molar-refractivity contribution in [3.63, 3.8) is 0 Å². The van der Waals surface area contributed by atoms with Crippen molar-refractivity contribution in [2.45, 2.75) is 26.4 Å². The van der Waals surface area contributed by atoms with E-state index in [9.17, 15) is 13.6 Å². The van der Waals surface area contributed by atoms with E-state index in [2.05, 4.69) is 19.8 Å². The molecule has 1 amide bonds. The molecule has 0 N–H and O–H groups in total. The molecule has 186 valence electrons. The Kier molecular flexibility index (Phi) is 7.91. The smallest absolute Gasteiger partial charge is 0.387 e. The van der Waals surface area contributed by atoms with Gasteiger partial charge in [0.15, 0.2) is 11.5 Å². The molecule has 8 nitrogen and oxygen atoms in total. The highest BCUT2D eigenvalue weighted by Crippen LogP contribution is 2.30. The number of carbonyl (C=O) groups is 1. The average Bonchev–Trinajstić information content (AvgIpc) is 3.33. The van der Waals surface area contributed by atoms with Gasteiger partial charge in [0, 0.05) is 43.7 Å². The van der Waals surface area contributed by atoms with E-state index in [1.165, 1.54) is 30.9 Å². The van der Waals surface area contributed by atoms with E-state index in [1.54, 1.807) is 4.90 Å². The molecule has 3 aromatic rings. The Morgan fingerprint density at radius 3 is 2.51 bits per heavy atom. The van der Waals surface area contributed by atoms with Crippen molar-refractivity contribution in [1.29, 1.82) is 0 Å². The Balaban J connectivity index is 1.23. The molecular formula is C25H28F2N4O4. The first-order chi connectivity index (χ1) is 16.9. The van der Waals surface area contributed by atoms with Gasteiger partial charge in [0.2, 0.25) is 11.7 Å². The fourth-order valence-electron chi connectivity index (χ4n) is 3.98. The Hall–Kier alpha value is -3.53. The van der Waals surface area contributed by atoms with Crippen molar-refractivity contribution >= 4 is 5.91 Å². The minimum atomic E-state index is -2.96. The van der Waals surface area contributed by atoms with Crippen LogP contribution in [0.5, 0.6) is 11.5 Å². The number of carbonyl (C=O) groups excluding carboxylic acids is 1. The lowest BCUT2D eigenvalue weighted by molar-refractivity contribution is -0.0512. The van der Waals surface area contributed by atoms with Crippen molar-refractivity contribution in [3.8, 4) is 22.9 Å². The van der Waals surface area contributed by atoms with Gasteiger partial charge in [-0.25, -0.2) is 0 Å². The predicted molar refractivity (Wildman–Crippen MR) is 125 cm³/mol. The second kappa shape index (κ2) is 11.3. The summed E-state index contributed by atoms with van der Waals surface area (Å²) >= 11 is 0. The van der Waals surface area contributed by atoms with Crippen LogP contribution < -0.4 is 9.47 Å². The van der Waals surface area contributed by atoms with Gasteiger partial charge in [0.05, 0.1) is 7.11 Å². The SMILES string of the molecule is COc1cc(C(=O)N2CCN(CCCc3nc(-c4ccc(C)cc4)no3)CC2)ccc1OC(F)F. The van der Waals surface area contributed by atoms with Crippen LogP contribution in [0.2, 0.25) is 0 Å². The van der Waals surface area contributed by atoms with E-state index < -0.39 is 6.61 Å². The van der Waals surface area contributed by atoms with Crippen molar-refractivity contribution in [1.82, 2.24) is 19.9 Å². The van der Waals surface area contributed by atoms with Crippen LogP contribution in [0.15, 0.2) is 47.0 Å². The monoisotopic (exact) mass is 486 g/mol. The van der Waals surface area contributed by atoms with Crippen molar-refractivity contribution in [3.05, 3.63) is 59.5 Å². The second-order valence-electron chi connectivity index (χ2n) is 8.36. The maximum atomic E-state index is 12.9. The highest BCUT2D eigenvalue weighted by molar-refractivity contribution is 5.95. The van der Waals surface area contributed by atoms with Gasteiger partial charge in [-0.05, 0) is 38.1 Å². The van der Waals surface area contributed by atoms with E-state index in [0.29, 0.717) is 36.8 Å². The lowest BCUT2D eigenvalue weighted by atomic mass is 10.1. The summed E-state index contributed by atoms with van der Waals surface area (Å²) in [6.07, 6.45) is 1.55. The molecule has 0 spiro atoms. The molecular weight excluding hydrogens is 458 g/mol.